The van der Waals surface area contributed by atoms with E-state index in [9.17, 15) is 9.59 Å². The van der Waals surface area contributed by atoms with Crippen molar-refractivity contribution >= 4 is 0 Å². The largest absolute Gasteiger partial charge is 0.374 e. The zero-order valence-electron chi connectivity index (χ0n) is 13.3. The fourth-order valence-corrected chi connectivity index (χ4v) is 2.87. The lowest BCUT2D eigenvalue weighted by atomic mass is 9.95. The van der Waals surface area contributed by atoms with Crippen LogP contribution in [0.15, 0.2) is 82.5 Å². The Hall–Kier alpha value is -2.92. The van der Waals surface area contributed by atoms with Gasteiger partial charge in [-0.25, -0.2) is 4.79 Å². The van der Waals surface area contributed by atoms with Crippen molar-refractivity contribution < 1.29 is 4.74 Å². The average Bonchev–Trinajstić information content (AvgIpc) is 2.62. The Labute approximate surface area is 139 Å². The van der Waals surface area contributed by atoms with Crippen molar-refractivity contribution in [3.8, 4) is 0 Å². The normalized spacial score (nSPS) is 13.4. The molecule has 5 heteroatoms. The Bertz CT molecular complexity index is 901. The third-order valence-corrected chi connectivity index (χ3v) is 3.96. The zero-order valence-corrected chi connectivity index (χ0v) is 13.3. The first kappa shape index (κ1) is 16.0. The van der Waals surface area contributed by atoms with E-state index in [-0.39, 0.29) is 6.10 Å². The summed E-state index contributed by atoms with van der Waals surface area (Å²) in [7, 11) is 1.62. The minimum atomic E-state index is -0.464. The van der Waals surface area contributed by atoms with E-state index in [0.29, 0.717) is 0 Å². The van der Waals surface area contributed by atoms with Crippen LogP contribution in [0.5, 0.6) is 0 Å². The van der Waals surface area contributed by atoms with Crippen LogP contribution in [-0.2, 0) is 4.74 Å². The Morgan fingerprint density at radius 1 is 0.875 bits per heavy atom. The van der Waals surface area contributed by atoms with Crippen LogP contribution in [0, 0.1) is 0 Å². The van der Waals surface area contributed by atoms with E-state index in [1.54, 1.807) is 7.11 Å². The standard InChI is InChI=1S/C19H18N2O3/c1-24-18(15-10-6-3-7-11-15)17(14-8-4-2-5-9-14)21-13-12-16(22)20-19(21)23/h2-13,17-18H,1H3,(H,20,22,23). The van der Waals surface area contributed by atoms with Crippen molar-refractivity contribution in [3.63, 3.8) is 0 Å². The molecule has 0 aliphatic heterocycles. The number of H-pyrrole nitrogens is 1. The van der Waals surface area contributed by atoms with Crippen molar-refractivity contribution in [1.29, 1.82) is 0 Å². The molecule has 0 fully saturated rings. The second-order valence-corrected chi connectivity index (χ2v) is 5.44. The first-order valence-corrected chi connectivity index (χ1v) is 7.65. The van der Waals surface area contributed by atoms with Crippen molar-refractivity contribution in [3.05, 3.63) is 105 Å². The van der Waals surface area contributed by atoms with Crippen LogP contribution in [0.1, 0.15) is 23.3 Å². The van der Waals surface area contributed by atoms with E-state index in [1.165, 1.54) is 16.8 Å². The molecule has 0 saturated heterocycles. The van der Waals surface area contributed by atoms with Gasteiger partial charge in [-0.3, -0.25) is 14.3 Å². The third-order valence-electron chi connectivity index (χ3n) is 3.96. The Balaban J connectivity index is 2.18. The van der Waals surface area contributed by atoms with Gasteiger partial charge in [-0.2, -0.15) is 0 Å². The van der Waals surface area contributed by atoms with Gasteiger partial charge in [-0.1, -0.05) is 60.7 Å². The van der Waals surface area contributed by atoms with E-state index in [1.807, 2.05) is 60.7 Å². The molecule has 24 heavy (non-hydrogen) atoms. The summed E-state index contributed by atoms with van der Waals surface area (Å²) in [5.41, 5.74) is 0.986. The third kappa shape index (κ3) is 3.21. The van der Waals surface area contributed by atoms with Gasteiger partial charge in [0.15, 0.2) is 0 Å². The van der Waals surface area contributed by atoms with Gasteiger partial charge in [0.2, 0.25) is 0 Å². The van der Waals surface area contributed by atoms with E-state index >= 15 is 0 Å². The summed E-state index contributed by atoms with van der Waals surface area (Å²) in [5.74, 6) is 0. The minimum absolute atomic E-state index is 0.378. The molecule has 0 spiro atoms. The van der Waals surface area contributed by atoms with Gasteiger partial charge in [0.05, 0.1) is 6.04 Å². The van der Waals surface area contributed by atoms with Crippen LogP contribution in [0.3, 0.4) is 0 Å². The van der Waals surface area contributed by atoms with Gasteiger partial charge in [0.1, 0.15) is 6.10 Å². The minimum Gasteiger partial charge on any atom is -0.374 e. The quantitative estimate of drug-likeness (QED) is 0.785. The Morgan fingerprint density at radius 2 is 1.46 bits per heavy atom. The lowest BCUT2D eigenvalue weighted by Crippen LogP contribution is -2.34. The molecular weight excluding hydrogens is 304 g/mol. The first-order valence-electron chi connectivity index (χ1n) is 7.65. The highest BCUT2D eigenvalue weighted by atomic mass is 16.5. The molecule has 0 saturated carbocycles. The Morgan fingerprint density at radius 3 is 2.00 bits per heavy atom. The van der Waals surface area contributed by atoms with Gasteiger partial charge in [0.25, 0.3) is 5.56 Å². The number of hydrogen-bond donors (Lipinski definition) is 1. The molecule has 1 heterocycles. The molecule has 0 bridgehead atoms. The molecule has 5 nitrogen and oxygen atoms in total. The molecule has 0 aliphatic carbocycles. The summed E-state index contributed by atoms with van der Waals surface area (Å²) in [6, 6.07) is 20.3. The van der Waals surface area contributed by atoms with E-state index in [4.69, 9.17) is 4.74 Å². The lowest BCUT2D eigenvalue weighted by Gasteiger charge is -2.28. The molecule has 1 N–H and O–H groups in total. The summed E-state index contributed by atoms with van der Waals surface area (Å²) >= 11 is 0. The smallest absolute Gasteiger partial charge is 0.328 e. The number of aromatic nitrogens is 2. The van der Waals surface area contributed by atoms with Crippen LogP contribution in [0.2, 0.25) is 0 Å². The van der Waals surface area contributed by atoms with Crippen LogP contribution in [-0.4, -0.2) is 16.7 Å². The summed E-state index contributed by atoms with van der Waals surface area (Å²) < 4.78 is 7.24. The zero-order chi connectivity index (χ0) is 16.9. The van der Waals surface area contributed by atoms with Gasteiger partial charge in [-0.05, 0) is 11.1 Å². The van der Waals surface area contributed by atoms with Crippen LogP contribution in [0.4, 0.5) is 0 Å². The molecule has 3 aromatic rings. The lowest BCUT2D eigenvalue weighted by molar-refractivity contribution is 0.0677. The van der Waals surface area contributed by atoms with Crippen molar-refractivity contribution in [2.24, 2.45) is 0 Å². The number of nitrogens with one attached hydrogen (secondary N) is 1. The molecule has 2 unspecified atom stereocenters. The highest BCUT2D eigenvalue weighted by Crippen LogP contribution is 2.33. The highest BCUT2D eigenvalue weighted by molar-refractivity contribution is 5.27. The number of hydrogen-bond acceptors (Lipinski definition) is 3. The molecule has 122 valence electrons. The molecule has 0 radical (unpaired) electrons. The van der Waals surface area contributed by atoms with Crippen LogP contribution < -0.4 is 11.2 Å². The summed E-state index contributed by atoms with van der Waals surface area (Å²) in [4.78, 5) is 26.1. The second-order valence-electron chi connectivity index (χ2n) is 5.44. The molecule has 2 aromatic carbocycles. The fraction of sp³-hybridized carbons (Fsp3) is 0.158. The Kier molecular flexibility index (Phi) is 4.72. The van der Waals surface area contributed by atoms with Gasteiger partial charge >= 0.3 is 5.69 Å². The number of benzene rings is 2. The maximum Gasteiger partial charge on any atom is 0.328 e. The van der Waals surface area contributed by atoms with Crippen LogP contribution >= 0.6 is 0 Å². The predicted octanol–water partition coefficient (Wildman–Crippen LogP) is 2.51. The molecule has 1 aromatic heterocycles. The molecule has 0 aliphatic rings. The predicted molar refractivity (Wildman–Crippen MR) is 92.1 cm³/mol. The topological polar surface area (TPSA) is 64.1 Å². The van der Waals surface area contributed by atoms with Crippen LogP contribution in [0.25, 0.3) is 0 Å². The number of aromatic amines is 1. The number of methoxy groups -OCH3 is 1. The van der Waals surface area contributed by atoms with E-state index < -0.39 is 17.3 Å². The fourth-order valence-electron chi connectivity index (χ4n) is 2.87. The highest BCUT2D eigenvalue weighted by Gasteiger charge is 2.27. The summed E-state index contributed by atoms with van der Waals surface area (Å²) in [6.45, 7) is 0. The number of rotatable bonds is 5. The maximum atomic E-state index is 12.4. The average molecular weight is 322 g/mol. The van der Waals surface area contributed by atoms with Crippen molar-refractivity contribution in [2.75, 3.05) is 7.11 Å². The number of nitrogens with zero attached hydrogens (tertiary/aromatic N) is 1. The monoisotopic (exact) mass is 322 g/mol. The molecule has 3 rings (SSSR count). The molecule has 0 amide bonds. The number of ether oxygens (including phenoxy) is 1. The van der Waals surface area contributed by atoms with Gasteiger partial charge in [-0.15, -0.1) is 0 Å². The second kappa shape index (κ2) is 7.10. The molecule has 2 atom stereocenters. The van der Waals surface area contributed by atoms with Crippen molar-refractivity contribution in [1.82, 2.24) is 9.55 Å². The van der Waals surface area contributed by atoms with Crippen molar-refractivity contribution in [2.45, 2.75) is 12.1 Å². The summed E-state index contributed by atoms with van der Waals surface area (Å²) in [5, 5.41) is 0. The van der Waals surface area contributed by atoms with Gasteiger partial charge < -0.3 is 4.74 Å². The van der Waals surface area contributed by atoms with E-state index in [0.717, 1.165) is 11.1 Å². The van der Waals surface area contributed by atoms with Gasteiger partial charge in [0, 0.05) is 19.4 Å². The molecular formula is C19H18N2O3. The maximum absolute atomic E-state index is 12.4. The summed E-state index contributed by atoms with van der Waals surface area (Å²) in [6.07, 6.45) is 1.13. The SMILES string of the molecule is COC(c1ccccc1)C(c1ccccc1)n1ccc(=O)[nH]c1=O. The van der Waals surface area contributed by atoms with E-state index in [2.05, 4.69) is 4.98 Å². The first-order chi connectivity index (χ1) is 11.7.